The Morgan fingerprint density at radius 2 is 1.28 bits per heavy atom. The van der Waals surface area contributed by atoms with Crippen LogP contribution in [0.15, 0.2) is 0 Å². The Balaban J connectivity index is 4.77. The molecule has 0 bridgehead atoms. The van der Waals surface area contributed by atoms with E-state index in [1.54, 1.807) is 27.7 Å². The Kier molecular flexibility index (Phi) is 15.0. The number of ketones is 1. The number of amides is 2. The molecule has 0 aliphatic carbocycles. The van der Waals surface area contributed by atoms with E-state index in [0.717, 1.165) is 0 Å². The summed E-state index contributed by atoms with van der Waals surface area (Å²) in [6, 6.07) is 0. The highest BCUT2D eigenvalue weighted by molar-refractivity contribution is 7.90. The van der Waals surface area contributed by atoms with Crippen LogP contribution >= 0.6 is 0 Å². The first-order valence-corrected chi connectivity index (χ1v) is 16.6. The second-order valence-corrected chi connectivity index (χ2v) is 16.8. The lowest BCUT2D eigenvalue weighted by atomic mass is 9.75. The van der Waals surface area contributed by atoms with Crippen molar-refractivity contribution in [2.45, 2.75) is 126 Å². The highest BCUT2D eigenvalue weighted by atomic mass is 32.2. The molecule has 0 rings (SSSR count). The van der Waals surface area contributed by atoms with Crippen LogP contribution < -0.4 is 10.0 Å². The van der Waals surface area contributed by atoms with E-state index in [-0.39, 0.29) is 43.4 Å². The van der Waals surface area contributed by atoms with Crippen molar-refractivity contribution in [1.29, 1.82) is 0 Å². The molecule has 3 N–H and O–H groups in total. The van der Waals surface area contributed by atoms with Gasteiger partial charge in [0.25, 0.3) is 0 Å². The Labute approximate surface area is 259 Å². The van der Waals surface area contributed by atoms with Gasteiger partial charge in [-0.2, -0.15) is 0 Å². The quantitative estimate of drug-likeness (QED) is 0.154. The summed E-state index contributed by atoms with van der Waals surface area (Å²) in [5.41, 5.74) is -4.20. The summed E-state index contributed by atoms with van der Waals surface area (Å²) in [4.78, 5) is 48.4. The number of sulfonamides is 1. The highest BCUT2D eigenvalue weighted by Gasteiger charge is 2.40. The van der Waals surface area contributed by atoms with Gasteiger partial charge in [-0.1, -0.05) is 34.6 Å². The van der Waals surface area contributed by atoms with Crippen LogP contribution in [0.3, 0.4) is 0 Å². The van der Waals surface area contributed by atoms with Gasteiger partial charge in [-0.3, -0.25) is 19.1 Å². The molecule has 0 radical (unpaired) electrons. The molecule has 0 aromatic carbocycles. The fourth-order valence-electron chi connectivity index (χ4n) is 4.90. The third-order valence-electron chi connectivity index (χ3n) is 7.46. The van der Waals surface area contributed by atoms with E-state index in [9.17, 15) is 32.7 Å². The number of nitrogens with one attached hydrogen (secondary N) is 2. The van der Waals surface area contributed by atoms with Crippen LogP contribution in [-0.2, 0) is 38.7 Å². The SMILES string of the molecule is CC(=O)CCC(C)(C)OCCC(C)(C)OCCNC(=O)C(C)(C)CC(C)CS(=O)(=O)NC(=O)C(C)(C)CC(C)(C)C(=O)O. The summed E-state index contributed by atoms with van der Waals surface area (Å²) in [7, 11) is -4.02. The average molecular weight is 635 g/mol. The van der Waals surface area contributed by atoms with Crippen LogP contribution in [0.25, 0.3) is 0 Å². The van der Waals surface area contributed by atoms with E-state index in [0.29, 0.717) is 25.9 Å². The predicted molar refractivity (Wildman–Crippen MR) is 167 cm³/mol. The van der Waals surface area contributed by atoms with Crippen LogP contribution in [0.5, 0.6) is 0 Å². The van der Waals surface area contributed by atoms with Crippen molar-refractivity contribution in [2.24, 2.45) is 22.2 Å². The van der Waals surface area contributed by atoms with Crippen molar-refractivity contribution in [1.82, 2.24) is 10.0 Å². The monoisotopic (exact) mass is 634 g/mol. The fourth-order valence-corrected chi connectivity index (χ4v) is 6.41. The van der Waals surface area contributed by atoms with Crippen molar-refractivity contribution >= 4 is 33.6 Å². The Bertz CT molecular complexity index is 1080. The molecular weight excluding hydrogens is 576 g/mol. The van der Waals surface area contributed by atoms with Gasteiger partial charge in [0.2, 0.25) is 21.8 Å². The average Bonchev–Trinajstić information content (AvgIpc) is 2.78. The topological polar surface area (TPSA) is 165 Å². The molecule has 12 heteroatoms. The van der Waals surface area contributed by atoms with Crippen molar-refractivity contribution in [3.05, 3.63) is 0 Å². The summed E-state index contributed by atoms with van der Waals surface area (Å²) in [6.45, 7) is 21.6. The Morgan fingerprint density at radius 1 is 0.767 bits per heavy atom. The number of carbonyl (C=O) groups excluding carboxylic acids is 3. The molecule has 1 unspecified atom stereocenters. The van der Waals surface area contributed by atoms with E-state index in [4.69, 9.17) is 9.47 Å². The van der Waals surface area contributed by atoms with Gasteiger partial charge in [0.1, 0.15) is 5.78 Å². The molecule has 0 heterocycles. The van der Waals surface area contributed by atoms with Crippen LogP contribution in [-0.4, -0.2) is 73.8 Å². The second kappa shape index (κ2) is 15.8. The number of ether oxygens (including phenoxy) is 2. The number of carboxylic acids is 1. The van der Waals surface area contributed by atoms with Crippen LogP contribution in [0.4, 0.5) is 0 Å². The molecule has 0 aromatic heterocycles. The lowest BCUT2D eigenvalue weighted by Gasteiger charge is -2.31. The third kappa shape index (κ3) is 16.6. The minimum Gasteiger partial charge on any atom is -0.481 e. The maximum absolute atomic E-state index is 12.9. The lowest BCUT2D eigenvalue weighted by Crippen LogP contribution is -2.45. The third-order valence-corrected chi connectivity index (χ3v) is 8.96. The van der Waals surface area contributed by atoms with Gasteiger partial charge in [0, 0.05) is 23.8 Å². The normalized spacial score (nSPS) is 14.2. The molecule has 1 atom stereocenters. The molecule has 0 saturated heterocycles. The molecule has 0 saturated carbocycles. The second-order valence-electron chi connectivity index (χ2n) is 15.1. The van der Waals surface area contributed by atoms with Crippen molar-refractivity contribution in [3.63, 3.8) is 0 Å². The maximum atomic E-state index is 12.9. The number of hydrogen-bond acceptors (Lipinski definition) is 8. The largest absolute Gasteiger partial charge is 0.481 e. The van der Waals surface area contributed by atoms with E-state index >= 15 is 0 Å². The smallest absolute Gasteiger partial charge is 0.309 e. The molecule has 0 aliphatic heterocycles. The number of Topliss-reactive ketones (excluding diaryl/α,β-unsaturated/α-hetero) is 1. The zero-order valence-electron chi connectivity index (χ0n) is 28.6. The predicted octanol–water partition coefficient (Wildman–Crippen LogP) is 4.48. The molecule has 252 valence electrons. The van der Waals surface area contributed by atoms with Gasteiger partial charge in [-0.25, -0.2) is 8.42 Å². The first-order valence-electron chi connectivity index (χ1n) is 15.0. The Morgan fingerprint density at radius 3 is 1.79 bits per heavy atom. The number of rotatable bonds is 21. The molecule has 0 spiro atoms. The molecule has 0 aliphatic rings. The molecule has 43 heavy (non-hydrogen) atoms. The summed E-state index contributed by atoms with van der Waals surface area (Å²) in [5, 5.41) is 12.2. The number of hydrogen-bond donors (Lipinski definition) is 3. The van der Waals surface area contributed by atoms with Gasteiger partial charge in [-0.05, 0) is 80.1 Å². The van der Waals surface area contributed by atoms with Crippen LogP contribution in [0, 0.1) is 22.2 Å². The summed E-state index contributed by atoms with van der Waals surface area (Å²) < 4.78 is 39.5. The van der Waals surface area contributed by atoms with Crippen molar-refractivity contribution < 1.29 is 42.2 Å². The summed E-state index contributed by atoms with van der Waals surface area (Å²) >= 11 is 0. The number of carbonyl (C=O) groups is 4. The van der Waals surface area contributed by atoms with Crippen LogP contribution in [0.2, 0.25) is 0 Å². The fraction of sp³-hybridized carbons (Fsp3) is 0.871. The first kappa shape index (κ1) is 41.0. The van der Waals surface area contributed by atoms with Gasteiger partial charge in [-0.15, -0.1) is 0 Å². The lowest BCUT2D eigenvalue weighted by molar-refractivity contribution is -0.149. The molecule has 0 fully saturated rings. The van der Waals surface area contributed by atoms with Crippen LogP contribution in [0.1, 0.15) is 115 Å². The van der Waals surface area contributed by atoms with Crippen molar-refractivity contribution in [3.8, 4) is 0 Å². The summed E-state index contributed by atoms with van der Waals surface area (Å²) in [6.07, 6.45) is 1.96. The molecular formula is C31H58N2O9S. The first-order chi connectivity index (χ1) is 19.1. The molecule has 11 nitrogen and oxygen atoms in total. The van der Waals surface area contributed by atoms with Gasteiger partial charge >= 0.3 is 5.97 Å². The van der Waals surface area contributed by atoms with E-state index in [2.05, 4.69) is 10.0 Å². The Hall–Kier alpha value is -2.05. The number of carboxylic acid groups (broad SMARTS) is 1. The highest BCUT2D eigenvalue weighted by Crippen LogP contribution is 2.34. The number of aliphatic carboxylic acids is 1. The van der Waals surface area contributed by atoms with Crippen molar-refractivity contribution in [2.75, 3.05) is 25.5 Å². The minimum absolute atomic E-state index is 0.0471. The maximum Gasteiger partial charge on any atom is 0.309 e. The molecule has 2 amide bonds. The zero-order valence-corrected chi connectivity index (χ0v) is 29.4. The van der Waals surface area contributed by atoms with Gasteiger partial charge < -0.3 is 24.7 Å². The summed E-state index contributed by atoms with van der Waals surface area (Å²) in [5.74, 6) is -2.76. The standard InChI is InChI=1S/C31H58N2O9S/c1-22(20-43(39,40)33-25(36)28(5,6)21-29(7,8)26(37)38)19-27(3,4)24(35)32-16-18-42-31(11,12)15-17-41-30(9,10)14-13-23(2)34/h22H,13-21H2,1-12H3,(H,32,35)(H,33,36)(H,37,38). The molecule has 0 aromatic rings. The van der Waals surface area contributed by atoms with Gasteiger partial charge in [0.05, 0.1) is 35.6 Å². The van der Waals surface area contributed by atoms with Gasteiger partial charge in [0.15, 0.2) is 0 Å². The van der Waals surface area contributed by atoms with E-state index < -0.39 is 55.3 Å². The van der Waals surface area contributed by atoms with E-state index in [1.807, 2.05) is 27.7 Å². The van der Waals surface area contributed by atoms with E-state index in [1.165, 1.54) is 27.7 Å². The minimum atomic E-state index is -4.02. The zero-order chi connectivity index (χ0) is 34.1.